The average molecular weight is 301 g/mol. The molecule has 118 valence electrons. The Morgan fingerprint density at radius 1 is 1.14 bits per heavy atom. The third-order valence-corrected chi connectivity index (χ3v) is 3.75. The normalized spacial score (nSPS) is 19.0. The number of hydrogen-bond acceptors (Lipinski definition) is 3. The van der Waals surface area contributed by atoms with Crippen molar-refractivity contribution >= 4 is 0 Å². The molecule has 6 heteroatoms. The molecule has 1 N–H and O–H groups in total. The first kappa shape index (κ1) is 16.3. The second-order valence-electron chi connectivity index (χ2n) is 5.68. The topological polar surface area (TPSA) is 18.5 Å². The molecular weight excluding hydrogens is 279 g/mol. The van der Waals surface area contributed by atoms with Gasteiger partial charge in [0.1, 0.15) is 0 Å². The molecule has 1 heterocycles. The van der Waals surface area contributed by atoms with Gasteiger partial charge in [0.05, 0.1) is 5.56 Å². The van der Waals surface area contributed by atoms with Crippen LogP contribution in [-0.2, 0) is 6.18 Å². The fourth-order valence-corrected chi connectivity index (χ4v) is 2.67. The minimum Gasteiger partial charge on any atom is -0.314 e. The number of halogens is 3. The molecule has 1 fully saturated rings. The lowest BCUT2D eigenvalue weighted by molar-refractivity contribution is -0.137. The van der Waals surface area contributed by atoms with Gasteiger partial charge in [-0.15, -0.1) is 0 Å². The van der Waals surface area contributed by atoms with Gasteiger partial charge in [-0.25, -0.2) is 0 Å². The lowest BCUT2D eigenvalue weighted by Crippen LogP contribution is -2.47. The van der Waals surface area contributed by atoms with Crippen LogP contribution in [0.25, 0.3) is 0 Å². The van der Waals surface area contributed by atoms with Crippen molar-refractivity contribution in [3.63, 3.8) is 0 Å². The first-order chi connectivity index (χ1) is 9.88. The molecule has 1 aromatic carbocycles. The van der Waals surface area contributed by atoms with E-state index in [9.17, 15) is 13.2 Å². The number of nitrogens with one attached hydrogen (secondary N) is 1. The van der Waals surface area contributed by atoms with Gasteiger partial charge in [0.25, 0.3) is 0 Å². The molecule has 3 nitrogen and oxygen atoms in total. The highest BCUT2D eigenvalue weighted by atomic mass is 19.4. The number of rotatable bonds is 4. The largest absolute Gasteiger partial charge is 0.416 e. The quantitative estimate of drug-likeness (QED) is 0.920. The molecule has 21 heavy (non-hydrogen) atoms. The summed E-state index contributed by atoms with van der Waals surface area (Å²) in [5.41, 5.74) is 0.355. The molecule has 0 unspecified atom stereocenters. The Labute approximate surface area is 123 Å². The van der Waals surface area contributed by atoms with Gasteiger partial charge in [0, 0.05) is 38.8 Å². The van der Waals surface area contributed by atoms with E-state index in [1.165, 1.54) is 12.1 Å². The van der Waals surface area contributed by atoms with Crippen LogP contribution in [0.1, 0.15) is 17.2 Å². The monoisotopic (exact) mass is 301 g/mol. The number of nitrogens with zero attached hydrogens (tertiary/aromatic N) is 2. The van der Waals surface area contributed by atoms with Gasteiger partial charge < -0.3 is 10.2 Å². The highest BCUT2D eigenvalue weighted by Crippen LogP contribution is 2.31. The molecule has 0 bridgehead atoms. The Hall–Kier alpha value is -1.11. The van der Waals surface area contributed by atoms with Gasteiger partial charge >= 0.3 is 6.18 Å². The Balaban J connectivity index is 2.19. The molecule has 0 radical (unpaired) electrons. The maximum Gasteiger partial charge on any atom is 0.416 e. The van der Waals surface area contributed by atoms with Gasteiger partial charge in [-0.2, -0.15) is 13.2 Å². The van der Waals surface area contributed by atoms with E-state index in [0.29, 0.717) is 0 Å². The maximum absolute atomic E-state index is 12.7. The summed E-state index contributed by atoms with van der Waals surface area (Å²) in [6.45, 7) is 4.47. The first-order valence-electron chi connectivity index (χ1n) is 7.14. The Bertz CT molecular complexity index is 436. The SMILES string of the molecule is CN(C)C[C@H](c1ccc(C(F)(F)F)cc1)N1CCNCC1. The Morgan fingerprint density at radius 3 is 2.19 bits per heavy atom. The molecule has 0 saturated carbocycles. The van der Waals surface area contributed by atoms with Gasteiger partial charge in [0.15, 0.2) is 0 Å². The van der Waals surface area contributed by atoms with Crippen molar-refractivity contribution in [3.8, 4) is 0 Å². The summed E-state index contributed by atoms with van der Waals surface area (Å²) in [6.07, 6.45) is -4.27. The van der Waals surface area contributed by atoms with Crippen molar-refractivity contribution in [2.45, 2.75) is 12.2 Å². The van der Waals surface area contributed by atoms with Crippen LogP contribution in [0.15, 0.2) is 24.3 Å². The standard InChI is InChI=1S/C15H22F3N3/c1-20(2)11-14(21-9-7-19-8-10-21)12-3-5-13(6-4-12)15(16,17)18/h3-6,14,19H,7-11H2,1-2H3/t14-/m1/s1. The van der Waals surface area contributed by atoms with Gasteiger partial charge in [-0.1, -0.05) is 12.1 Å². The molecule has 0 aromatic heterocycles. The minimum atomic E-state index is -4.27. The van der Waals surface area contributed by atoms with Gasteiger partial charge in [-0.05, 0) is 31.8 Å². The minimum absolute atomic E-state index is 0.129. The summed E-state index contributed by atoms with van der Waals surface area (Å²) >= 11 is 0. The zero-order valence-corrected chi connectivity index (χ0v) is 12.5. The predicted molar refractivity (Wildman–Crippen MR) is 77.2 cm³/mol. The van der Waals surface area contributed by atoms with E-state index in [0.717, 1.165) is 38.3 Å². The Morgan fingerprint density at radius 2 is 1.71 bits per heavy atom. The lowest BCUT2D eigenvalue weighted by atomic mass is 10.0. The van der Waals surface area contributed by atoms with Crippen LogP contribution in [0.2, 0.25) is 0 Å². The van der Waals surface area contributed by atoms with Gasteiger partial charge in [-0.3, -0.25) is 4.90 Å². The van der Waals surface area contributed by atoms with Crippen LogP contribution in [-0.4, -0.2) is 56.6 Å². The molecule has 0 amide bonds. The van der Waals surface area contributed by atoms with Crippen LogP contribution >= 0.6 is 0 Å². The van der Waals surface area contributed by atoms with Gasteiger partial charge in [0.2, 0.25) is 0 Å². The summed E-state index contributed by atoms with van der Waals surface area (Å²) in [6, 6.07) is 5.71. The van der Waals surface area contributed by atoms with Crippen molar-refractivity contribution in [1.82, 2.24) is 15.1 Å². The fourth-order valence-electron chi connectivity index (χ4n) is 2.67. The van der Waals surface area contributed by atoms with E-state index >= 15 is 0 Å². The van der Waals surface area contributed by atoms with Crippen molar-refractivity contribution in [2.24, 2.45) is 0 Å². The predicted octanol–water partition coefficient (Wildman–Crippen LogP) is 2.21. The van der Waals surface area contributed by atoms with E-state index in [-0.39, 0.29) is 6.04 Å². The van der Waals surface area contributed by atoms with Crippen molar-refractivity contribution in [3.05, 3.63) is 35.4 Å². The van der Waals surface area contributed by atoms with Crippen molar-refractivity contribution < 1.29 is 13.2 Å². The third kappa shape index (κ3) is 4.43. The van der Waals surface area contributed by atoms with E-state index in [4.69, 9.17) is 0 Å². The fraction of sp³-hybridized carbons (Fsp3) is 0.600. The number of piperazine rings is 1. The van der Waals surface area contributed by atoms with Crippen LogP contribution in [0.5, 0.6) is 0 Å². The smallest absolute Gasteiger partial charge is 0.314 e. The summed E-state index contributed by atoms with van der Waals surface area (Å²) in [7, 11) is 3.97. The van der Waals surface area contributed by atoms with Crippen LogP contribution in [0.4, 0.5) is 13.2 Å². The number of benzene rings is 1. The molecule has 0 spiro atoms. The second kappa shape index (κ2) is 6.77. The number of alkyl halides is 3. The Kier molecular flexibility index (Phi) is 5.24. The average Bonchev–Trinajstić information content (AvgIpc) is 2.45. The highest BCUT2D eigenvalue weighted by molar-refractivity contribution is 5.27. The van der Waals surface area contributed by atoms with E-state index in [2.05, 4.69) is 15.1 Å². The first-order valence-corrected chi connectivity index (χ1v) is 7.14. The molecular formula is C15H22F3N3. The van der Waals surface area contributed by atoms with E-state index < -0.39 is 11.7 Å². The molecule has 1 atom stereocenters. The zero-order valence-electron chi connectivity index (χ0n) is 12.5. The summed E-state index contributed by atoms with van der Waals surface area (Å²) < 4.78 is 38.0. The summed E-state index contributed by atoms with van der Waals surface area (Å²) in [5, 5.41) is 3.30. The van der Waals surface area contributed by atoms with Crippen molar-refractivity contribution in [2.75, 3.05) is 46.8 Å². The summed E-state index contributed by atoms with van der Waals surface area (Å²) in [5.74, 6) is 0. The third-order valence-electron chi connectivity index (χ3n) is 3.75. The van der Waals surface area contributed by atoms with E-state index in [1.54, 1.807) is 12.1 Å². The van der Waals surface area contributed by atoms with Crippen molar-refractivity contribution in [1.29, 1.82) is 0 Å². The van der Waals surface area contributed by atoms with E-state index in [1.807, 2.05) is 14.1 Å². The molecule has 2 rings (SSSR count). The molecule has 1 aliphatic rings. The van der Waals surface area contributed by atoms with Crippen LogP contribution in [0, 0.1) is 0 Å². The molecule has 0 aliphatic carbocycles. The highest BCUT2D eigenvalue weighted by Gasteiger charge is 2.31. The maximum atomic E-state index is 12.7. The summed E-state index contributed by atoms with van der Waals surface area (Å²) in [4.78, 5) is 4.41. The molecule has 1 aliphatic heterocycles. The molecule has 1 aromatic rings. The second-order valence-corrected chi connectivity index (χ2v) is 5.68. The molecule has 1 saturated heterocycles. The number of likely N-dealkylation sites (N-methyl/N-ethyl adjacent to an activating group) is 1. The zero-order chi connectivity index (χ0) is 15.5. The number of hydrogen-bond donors (Lipinski definition) is 1. The van der Waals surface area contributed by atoms with Crippen LogP contribution < -0.4 is 5.32 Å². The van der Waals surface area contributed by atoms with Crippen LogP contribution in [0.3, 0.4) is 0 Å². The lowest BCUT2D eigenvalue weighted by Gasteiger charge is -2.36.